The predicted molar refractivity (Wildman–Crippen MR) is 138 cm³/mol. The second-order valence-electron chi connectivity index (χ2n) is 8.63. The summed E-state index contributed by atoms with van der Waals surface area (Å²) in [5.41, 5.74) is 1.09. The van der Waals surface area contributed by atoms with Gasteiger partial charge in [0.05, 0.1) is 11.4 Å². The summed E-state index contributed by atoms with van der Waals surface area (Å²) in [5, 5.41) is 4.06. The molecule has 4 rings (SSSR count). The third-order valence-electron chi connectivity index (χ3n) is 6.16. The van der Waals surface area contributed by atoms with Gasteiger partial charge in [0.25, 0.3) is 0 Å². The van der Waals surface area contributed by atoms with Crippen LogP contribution in [-0.4, -0.2) is 71.3 Å². The van der Waals surface area contributed by atoms with E-state index in [1.54, 1.807) is 24.3 Å². The van der Waals surface area contributed by atoms with Crippen molar-refractivity contribution in [2.45, 2.75) is 37.8 Å². The standard InChI is InChI=1S/C25H30BrN5O4S/c1-2-30(18-20-6-4-3-5-7-20)25(32)13-12-24-27-23(28-35-24)19-29-14-16-31(17-15-29)36(33,34)22-10-8-21(26)9-11-22/h3-11H,2,12-19H2,1H3. The summed E-state index contributed by atoms with van der Waals surface area (Å²) in [4.78, 5) is 21.3. The highest BCUT2D eigenvalue weighted by Gasteiger charge is 2.29. The monoisotopic (exact) mass is 575 g/mol. The largest absolute Gasteiger partial charge is 0.339 e. The number of hydrogen-bond acceptors (Lipinski definition) is 7. The number of benzene rings is 2. The van der Waals surface area contributed by atoms with Crippen LogP contribution in [0.2, 0.25) is 0 Å². The molecule has 192 valence electrons. The average Bonchev–Trinajstić information content (AvgIpc) is 3.34. The highest BCUT2D eigenvalue weighted by molar-refractivity contribution is 9.10. The lowest BCUT2D eigenvalue weighted by atomic mass is 10.2. The number of nitrogens with zero attached hydrogens (tertiary/aromatic N) is 5. The Hall–Kier alpha value is -2.60. The van der Waals surface area contributed by atoms with Gasteiger partial charge in [0.1, 0.15) is 0 Å². The second-order valence-corrected chi connectivity index (χ2v) is 11.5. The molecule has 36 heavy (non-hydrogen) atoms. The number of sulfonamides is 1. The number of aryl methyl sites for hydroxylation is 1. The molecule has 0 aliphatic carbocycles. The van der Waals surface area contributed by atoms with Gasteiger partial charge in [-0.3, -0.25) is 9.69 Å². The molecule has 1 aliphatic rings. The molecule has 0 atom stereocenters. The third kappa shape index (κ3) is 6.78. The van der Waals surface area contributed by atoms with E-state index in [4.69, 9.17) is 4.52 Å². The van der Waals surface area contributed by atoms with Gasteiger partial charge in [-0.25, -0.2) is 8.42 Å². The van der Waals surface area contributed by atoms with Crippen molar-refractivity contribution in [1.82, 2.24) is 24.2 Å². The van der Waals surface area contributed by atoms with E-state index < -0.39 is 10.0 Å². The molecule has 3 aromatic rings. The molecule has 1 saturated heterocycles. The Kier molecular flexibility index (Phi) is 8.89. The van der Waals surface area contributed by atoms with Crippen molar-refractivity contribution in [3.63, 3.8) is 0 Å². The summed E-state index contributed by atoms with van der Waals surface area (Å²) < 4.78 is 33.5. The molecule has 0 saturated carbocycles. The number of carbonyl (C=O) groups is 1. The number of rotatable bonds is 10. The zero-order chi connectivity index (χ0) is 25.5. The lowest BCUT2D eigenvalue weighted by Gasteiger charge is -2.33. The van der Waals surface area contributed by atoms with E-state index in [1.807, 2.05) is 42.2 Å². The molecule has 2 heterocycles. The molecule has 1 aromatic heterocycles. The van der Waals surface area contributed by atoms with Gasteiger partial charge < -0.3 is 9.42 Å². The maximum Gasteiger partial charge on any atom is 0.243 e. The molecule has 0 N–H and O–H groups in total. The second kappa shape index (κ2) is 12.1. The topological polar surface area (TPSA) is 99.9 Å². The fraction of sp³-hybridized carbons (Fsp3) is 0.400. The molecular formula is C25H30BrN5O4S. The molecule has 0 radical (unpaired) electrons. The van der Waals surface area contributed by atoms with Gasteiger partial charge in [-0.05, 0) is 36.8 Å². The van der Waals surface area contributed by atoms with Crippen molar-refractivity contribution < 1.29 is 17.7 Å². The quantitative estimate of drug-likeness (QED) is 0.365. The average molecular weight is 577 g/mol. The molecule has 0 bridgehead atoms. The maximum atomic E-state index is 12.9. The zero-order valence-electron chi connectivity index (χ0n) is 20.2. The summed E-state index contributed by atoms with van der Waals surface area (Å²) in [5.74, 6) is 1.02. The van der Waals surface area contributed by atoms with Crippen LogP contribution in [0.4, 0.5) is 0 Å². The minimum Gasteiger partial charge on any atom is -0.339 e. The van der Waals surface area contributed by atoms with Crippen molar-refractivity contribution in [2.75, 3.05) is 32.7 Å². The molecule has 1 amide bonds. The van der Waals surface area contributed by atoms with E-state index in [-0.39, 0.29) is 5.91 Å². The van der Waals surface area contributed by atoms with E-state index in [9.17, 15) is 13.2 Å². The van der Waals surface area contributed by atoms with E-state index in [2.05, 4.69) is 31.0 Å². The number of halogens is 1. The predicted octanol–water partition coefficient (Wildman–Crippen LogP) is 3.32. The van der Waals surface area contributed by atoms with E-state index >= 15 is 0 Å². The summed E-state index contributed by atoms with van der Waals surface area (Å²) in [6.45, 7) is 5.58. The first-order chi connectivity index (χ1) is 17.3. The molecule has 0 unspecified atom stereocenters. The smallest absolute Gasteiger partial charge is 0.243 e. The number of amides is 1. The van der Waals surface area contributed by atoms with Crippen LogP contribution in [-0.2, 0) is 34.3 Å². The SMILES string of the molecule is CCN(Cc1ccccc1)C(=O)CCc1nc(CN2CCN(S(=O)(=O)c3ccc(Br)cc3)CC2)no1. The van der Waals surface area contributed by atoms with Crippen LogP contribution in [0.25, 0.3) is 0 Å². The molecule has 11 heteroatoms. The van der Waals surface area contributed by atoms with Gasteiger partial charge in [-0.15, -0.1) is 0 Å². The van der Waals surface area contributed by atoms with Crippen molar-refractivity contribution >= 4 is 31.9 Å². The van der Waals surface area contributed by atoms with Crippen LogP contribution < -0.4 is 0 Å². The van der Waals surface area contributed by atoms with E-state index in [0.29, 0.717) is 75.3 Å². The van der Waals surface area contributed by atoms with Crippen LogP contribution in [0.3, 0.4) is 0 Å². The first kappa shape index (κ1) is 26.5. The molecule has 1 aliphatic heterocycles. The van der Waals surface area contributed by atoms with Crippen LogP contribution in [0.15, 0.2) is 68.5 Å². The number of piperazine rings is 1. The van der Waals surface area contributed by atoms with Gasteiger partial charge >= 0.3 is 0 Å². The summed E-state index contributed by atoms with van der Waals surface area (Å²) in [7, 11) is -3.52. The van der Waals surface area contributed by atoms with Gasteiger partial charge in [0.15, 0.2) is 5.82 Å². The van der Waals surface area contributed by atoms with Crippen molar-refractivity contribution in [1.29, 1.82) is 0 Å². The minimum absolute atomic E-state index is 0.0456. The number of aromatic nitrogens is 2. The van der Waals surface area contributed by atoms with Gasteiger partial charge in [0.2, 0.25) is 21.8 Å². The Bertz CT molecular complexity index is 1240. The Labute approximate surface area is 220 Å². The number of hydrogen-bond donors (Lipinski definition) is 0. The van der Waals surface area contributed by atoms with E-state index in [0.717, 1.165) is 10.0 Å². The van der Waals surface area contributed by atoms with Crippen LogP contribution in [0, 0.1) is 0 Å². The van der Waals surface area contributed by atoms with Gasteiger partial charge in [0, 0.05) is 56.6 Å². The Morgan fingerprint density at radius 3 is 2.42 bits per heavy atom. The third-order valence-corrected chi connectivity index (χ3v) is 8.60. The zero-order valence-corrected chi connectivity index (χ0v) is 22.6. The molecule has 0 spiro atoms. The lowest BCUT2D eigenvalue weighted by molar-refractivity contribution is -0.131. The van der Waals surface area contributed by atoms with E-state index in [1.165, 1.54) is 4.31 Å². The summed E-state index contributed by atoms with van der Waals surface area (Å²) in [6, 6.07) is 16.6. The summed E-state index contributed by atoms with van der Waals surface area (Å²) in [6.07, 6.45) is 0.686. The van der Waals surface area contributed by atoms with Crippen LogP contribution in [0.5, 0.6) is 0 Å². The van der Waals surface area contributed by atoms with Crippen molar-refractivity contribution in [3.05, 3.63) is 76.3 Å². The van der Waals surface area contributed by atoms with Crippen LogP contribution in [0.1, 0.15) is 30.6 Å². The van der Waals surface area contributed by atoms with Crippen LogP contribution >= 0.6 is 15.9 Å². The highest BCUT2D eigenvalue weighted by Crippen LogP contribution is 2.20. The maximum absolute atomic E-state index is 12.9. The normalized spacial score (nSPS) is 15.2. The molecule has 2 aromatic carbocycles. The molecule has 1 fully saturated rings. The Morgan fingerprint density at radius 2 is 1.75 bits per heavy atom. The summed E-state index contributed by atoms with van der Waals surface area (Å²) >= 11 is 3.33. The fourth-order valence-electron chi connectivity index (χ4n) is 4.09. The fourth-order valence-corrected chi connectivity index (χ4v) is 5.78. The highest BCUT2D eigenvalue weighted by atomic mass is 79.9. The van der Waals surface area contributed by atoms with Crippen molar-refractivity contribution in [3.8, 4) is 0 Å². The molecular weight excluding hydrogens is 546 g/mol. The Balaban J connectivity index is 1.24. The Morgan fingerprint density at radius 1 is 1.06 bits per heavy atom. The number of carbonyl (C=O) groups excluding carboxylic acids is 1. The minimum atomic E-state index is -3.52. The first-order valence-electron chi connectivity index (χ1n) is 12.0. The lowest BCUT2D eigenvalue weighted by Crippen LogP contribution is -2.48. The first-order valence-corrected chi connectivity index (χ1v) is 14.2. The molecule has 9 nitrogen and oxygen atoms in total. The van der Waals surface area contributed by atoms with Crippen molar-refractivity contribution in [2.24, 2.45) is 0 Å². The van der Waals surface area contributed by atoms with Gasteiger partial charge in [-0.2, -0.15) is 9.29 Å². The van der Waals surface area contributed by atoms with Gasteiger partial charge in [-0.1, -0.05) is 51.4 Å².